The lowest BCUT2D eigenvalue weighted by Gasteiger charge is -2.05. The Hall–Kier alpha value is -1.65. The van der Waals surface area contributed by atoms with Crippen LogP contribution in [-0.2, 0) is 13.0 Å². The van der Waals surface area contributed by atoms with Crippen LogP contribution in [0.15, 0.2) is 30.3 Å². The zero-order chi connectivity index (χ0) is 13.0. The Bertz CT molecular complexity index is 529. The van der Waals surface area contributed by atoms with E-state index in [1.165, 1.54) is 0 Å². The van der Waals surface area contributed by atoms with Crippen molar-refractivity contribution in [3.05, 3.63) is 53.1 Å². The molecule has 5 heteroatoms. The summed E-state index contributed by atoms with van der Waals surface area (Å²) in [5, 5.41) is 0. The fraction of sp³-hybridized carbons (Fsp3) is 0.286. The second kappa shape index (κ2) is 7.07. The smallest absolute Gasteiger partial charge is 0.133 e. The van der Waals surface area contributed by atoms with Gasteiger partial charge in [0, 0.05) is 18.7 Å². The monoisotopic (exact) mass is 279 g/mol. The van der Waals surface area contributed by atoms with Crippen LogP contribution in [0.4, 0.5) is 0 Å². The number of aryl methyl sites for hydroxylation is 1. The quantitative estimate of drug-likeness (QED) is 0.933. The number of benzene rings is 1. The van der Waals surface area contributed by atoms with Gasteiger partial charge in [-0.05, 0) is 30.7 Å². The summed E-state index contributed by atoms with van der Waals surface area (Å²) in [6.07, 6.45) is 0.707. The van der Waals surface area contributed by atoms with Crippen LogP contribution in [0.2, 0.25) is 0 Å². The van der Waals surface area contributed by atoms with Crippen LogP contribution in [0.1, 0.15) is 22.8 Å². The van der Waals surface area contributed by atoms with Crippen LogP contribution in [-0.4, -0.2) is 17.1 Å². The molecule has 0 aliphatic carbocycles. The molecule has 0 fully saturated rings. The Kier molecular flexibility index (Phi) is 5.73. The van der Waals surface area contributed by atoms with Gasteiger partial charge in [-0.25, -0.2) is 9.97 Å². The van der Waals surface area contributed by atoms with E-state index in [9.17, 15) is 0 Å². The molecule has 0 aliphatic rings. The normalized spacial score (nSPS) is 9.84. The number of ether oxygens (including phenoxy) is 1. The van der Waals surface area contributed by atoms with Gasteiger partial charge in [-0.3, -0.25) is 0 Å². The maximum Gasteiger partial charge on any atom is 0.133 e. The van der Waals surface area contributed by atoms with Crippen molar-refractivity contribution in [1.29, 1.82) is 0 Å². The molecule has 0 atom stereocenters. The van der Waals surface area contributed by atoms with Gasteiger partial charge in [-0.2, -0.15) is 0 Å². The van der Waals surface area contributed by atoms with Crippen molar-refractivity contribution in [3.63, 3.8) is 0 Å². The van der Waals surface area contributed by atoms with Crippen LogP contribution in [0.3, 0.4) is 0 Å². The van der Waals surface area contributed by atoms with E-state index in [1.54, 1.807) is 7.11 Å². The highest BCUT2D eigenvalue weighted by molar-refractivity contribution is 5.85. The Morgan fingerprint density at radius 3 is 2.42 bits per heavy atom. The Labute approximate surface area is 119 Å². The zero-order valence-electron chi connectivity index (χ0n) is 11.1. The average Bonchev–Trinajstić information content (AvgIpc) is 2.39. The summed E-state index contributed by atoms with van der Waals surface area (Å²) in [7, 11) is 1.66. The van der Waals surface area contributed by atoms with E-state index in [0.717, 1.165) is 28.5 Å². The molecule has 0 saturated heterocycles. The minimum Gasteiger partial charge on any atom is -0.497 e. The topological polar surface area (TPSA) is 61.0 Å². The molecular weight excluding hydrogens is 262 g/mol. The van der Waals surface area contributed by atoms with Crippen molar-refractivity contribution < 1.29 is 4.74 Å². The summed E-state index contributed by atoms with van der Waals surface area (Å²) in [5.41, 5.74) is 8.60. The van der Waals surface area contributed by atoms with E-state index >= 15 is 0 Å². The van der Waals surface area contributed by atoms with Crippen LogP contribution in [0.5, 0.6) is 5.75 Å². The van der Waals surface area contributed by atoms with Gasteiger partial charge in [-0.15, -0.1) is 12.4 Å². The van der Waals surface area contributed by atoms with Crippen molar-refractivity contribution in [1.82, 2.24) is 9.97 Å². The van der Waals surface area contributed by atoms with Gasteiger partial charge in [0.25, 0.3) is 0 Å². The lowest BCUT2D eigenvalue weighted by atomic mass is 10.1. The number of rotatable bonds is 4. The highest BCUT2D eigenvalue weighted by Crippen LogP contribution is 2.13. The first kappa shape index (κ1) is 15.4. The number of aromatic nitrogens is 2. The van der Waals surface area contributed by atoms with Crippen LogP contribution in [0, 0.1) is 6.92 Å². The predicted octanol–water partition coefficient (Wildman–Crippen LogP) is 2.26. The summed E-state index contributed by atoms with van der Waals surface area (Å²) in [5.74, 6) is 1.66. The van der Waals surface area contributed by atoms with E-state index in [4.69, 9.17) is 10.5 Å². The molecule has 1 aromatic carbocycles. The number of methoxy groups -OCH3 is 1. The zero-order valence-corrected chi connectivity index (χ0v) is 11.9. The fourth-order valence-electron chi connectivity index (χ4n) is 1.81. The molecule has 2 N–H and O–H groups in total. The van der Waals surface area contributed by atoms with Gasteiger partial charge in [0.1, 0.15) is 11.6 Å². The first-order valence-electron chi connectivity index (χ1n) is 5.87. The van der Waals surface area contributed by atoms with Gasteiger partial charge in [0.2, 0.25) is 0 Å². The summed E-state index contributed by atoms with van der Waals surface area (Å²) in [6, 6.07) is 9.83. The van der Waals surface area contributed by atoms with Gasteiger partial charge in [-0.1, -0.05) is 12.1 Å². The SMILES string of the molecule is COc1ccc(Cc2nc(C)cc(CN)n2)cc1.Cl. The van der Waals surface area contributed by atoms with Gasteiger partial charge in [0.05, 0.1) is 12.8 Å². The number of hydrogen-bond acceptors (Lipinski definition) is 4. The van der Waals surface area contributed by atoms with Crippen molar-refractivity contribution >= 4 is 12.4 Å². The Morgan fingerprint density at radius 1 is 1.16 bits per heavy atom. The Balaban J connectivity index is 0.00000180. The third kappa shape index (κ3) is 4.19. The predicted molar refractivity (Wildman–Crippen MR) is 77.7 cm³/mol. The molecule has 19 heavy (non-hydrogen) atoms. The summed E-state index contributed by atoms with van der Waals surface area (Å²) < 4.78 is 5.13. The van der Waals surface area contributed by atoms with Crippen molar-refractivity contribution in [3.8, 4) is 5.75 Å². The molecule has 2 aromatic rings. The molecule has 0 amide bonds. The number of halogens is 1. The molecule has 0 saturated carbocycles. The molecule has 0 radical (unpaired) electrons. The second-order valence-corrected chi connectivity index (χ2v) is 4.15. The molecular formula is C14H18ClN3O. The number of hydrogen-bond donors (Lipinski definition) is 1. The summed E-state index contributed by atoms with van der Waals surface area (Å²) >= 11 is 0. The largest absolute Gasteiger partial charge is 0.497 e. The van der Waals surface area contributed by atoms with E-state index in [0.29, 0.717) is 13.0 Å². The summed E-state index contributed by atoms with van der Waals surface area (Å²) in [4.78, 5) is 8.84. The molecule has 2 rings (SSSR count). The van der Waals surface area contributed by atoms with Crippen LogP contribution < -0.4 is 10.5 Å². The van der Waals surface area contributed by atoms with Crippen LogP contribution >= 0.6 is 12.4 Å². The first-order chi connectivity index (χ1) is 8.71. The highest BCUT2D eigenvalue weighted by atomic mass is 35.5. The van der Waals surface area contributed by atoms with Gasteiger partial charge < -0.3 is 10.5 Å². The van der Waals surface area contributed by atoms with Gasteiger partial charge in [0.15, 0.2) is 0 Å². The van der Waals surface area contributed by atoms with Gasteiger partial charge >= 0.3 is 0 Å². The van der Waals surface area contributed by atoms with Crippen molar-refractivity contribution in [2.75, 3.05) is 7.11 Å². The summed E-state index contributed by atoms with van der Waals surface area (Å²) in [6.45, 7) is 2.40. The molecule has 4 nitrogen and oxygen atoms in total. The average molecular weight is 280 g/mol. The first-order valence-corrected chi connectivity index (χ1v) is 5.87. The number of nitrogens with two attached hydrogens (primary N) is 1. The molecule has 0 unspecified atom stereocenters. The molecule has 0 spiro atoms. The van der Waals surface area contributed by atoms with Crippen molar-refractivity contribution in [2.45, 2.75) is 19.9 Å². The molecule has 0 aliphatic heterocycles. The lowest BCUT2D eigenvalue weighted by Crippen LogP contribution is -2.06. The standard InChI is InChI=1S/C14H17N3O.ClH/c1-10-7-12(9-15)17-14(16-10)8-11-3-5-13(18-2)6-4-11;/h3-7H,8-9,15H2,1-2H3;1H. The fourth-order valence-corrected chi connectivity index (χ4v) is 1.81. The third-order valence-electron chi connectivity index (χ3n) is 2.68. The van der Waals surface area contributed by atoms with Crippen molar-refractivity contribution in [2.24, 2.45) is 5.73 Å². The van der Waals surface area contributed by atoms with E-state index in [-0.39, 0.29) is 12.4 Å². The van der Waals surface area contributed by atoms with Crippen LogP contribution in [0.25, 0.3) is 0 Å². The molecule has 1 heterocycles. The minimum atomic E-state index is 0. The van der Waals surface area contributed by atoms with E-state index in [2.05, 4.69) is 9.97 Å². The molecule has 0 bridgehead atoms. The third-order valence-corrected chi connectivity index (χ3v) is 2.68. The number of nitrogens with zero attached hydrogens (tertiary/aromatic N) is 2. The molecule has 102 valence electrons. The van der Waals surface area contributed by atoms with E-state index in [1.807, 2.05) is 37.3 Å². The second-order valence-electron chi connectivity index (χ2n) is 4.15. The maximum atomic E-state index is 5.61. The molecule has 1 aromatic heterocycles. The lowest BCUT2D eigenvalue weighted by molar-refractivity contribution is 0.414. The van der Waals surface area contributed by atoms with E-state index < -0.39 is 0 Å². The highest BCUT2D eigenvalue weighted by Gasteiger charge is 2.03. The Morgan fingerprint density at radius 2 is 1.84 bits per heavy atom. The minimum absolute atomic E-state index is 0. The maximum absolute atomic E-state index is 5.61.